The maximum Gasteiger partial charge on any atom is 0.235 e. The number of H-pyrrole nitrogens is 1. The molecule has 0 unspecified atom stereocenters. The first-order chi connectivity index (χ1) is 7.84. The molecule has 1 atom stereocenters. The molecule has 0 fully saturated rings. The Morgan fingerprint density at radius 1 is 1.50 bits per heavy atom. The molecular formula is C10H9N3OS2. The van der Waals surface area contributed by atoms with Gasteiger partial charge in [0.15, 0.2) is 0 Å². The van der Waals surface area contributed by atoms with Crippen LogP contribution >= 0.6 is 23.1 Å². The first-order valence-electron chi connectivity index (χ1n) is 4.83. The maximum absolute atomic E-state index is 11.5. The minimum Gasteiger partial charge on any atom is -0.310 e. The lowest BCUT2D eigenvalue weighted by molar-refractivity contribution is -0.113. The number of thioether (sulfide) groups is 1. The van der Waals surface area contributed by atoms with Gasteiger partial charge in [0.25, 0.3) is 0 Å². The standard InChI is InChI=1S/C10H9N3OS2/c14-8-5-16-9(7-2-1-3-15-7)6-4-11-13-10(6)12-8/h1-4,9H,5H2,(H2,11,12,13,14)/t9-/m0/s1. The van der Waals surface area contributed by atoms with E-state index in [1.807, 2.05) is 6.07 Å². The molecule has 0 bridgehead atoms. The van der Waals surface area contributed by atoms with Crippen LogP contribution in [0.5, 0.6) is 0 Å². The quantitative estimate of drug-likeness (QED) is 0.817. The third kappa shape index (κ3) is 1.64. The number of aromatic amines is 1. The smallest absolute Gasteiger partial charge is 0.235 e. The number of nitrogens with zero attached hydrogens (tertiary/aromatic N) is 1. The topological polar surface area (TPSA) is 57.8 Å². The summed E-state index contributed by atoms with van der Waals surface area (Å²) >= 11 is 3.34. The zero-order valence-electron chi connectivity index (χ0n) is 8.27. The van der Waals surface area contributed by atoms with E-state index in [0.29, 0.717) is 5.75 Å². The second-order valence-electron chi connectivity index (χ2n) is 3.45. The van der Waals surface area contributed by atoms with E-state index in [-0.39, 0.29) is 11.2 Å². The fraction of sp³-hybridized carbons (Fsp3) is 0.200. The molecule has 0 saturated carbocycles. The summed E-state index contributed by atoms with van der Waals surface area (Å²) in [5.74, 6) is 1.23. The van der Waals surface area contributed by atoms with Gasteiger partial charge in [-0.3, -0.25) is 9.89 Å². The van der Waals surface area contributed by atoms with Gasteiger partial charge in [-0.1, -0.05) is 6.07 Å². The zero-order chi connectivity index (χ0) is 11.0. The van der Waals surface area contributed by atoms with Crippen molar-refractivity contribution in [3.05, 3.63) is 34.2 Å². The normalized spacial score (nSPS) is 20.0. The maximum atomic E-state index is 11.5. The summed E-state index contributed by atoms with van der Waals surface area (Å²) in [4.78, 5) is 12.7. The van der Waals surface area contributed by atoms with Crippen LogP contribution in [0, 0.1) is 0 Å². The monoisotopic (exact) mass is 251 g/mol. The number of anilines is 1. The molecule has 1 aliphatic heterocycles. The van der Waals surface area contributed by atoms with Gasteiger partial charge in [-0.2, -0.15) is 5.10 Å². The molecule has 2 N–H and O–H groups in total. The Hall–Kier alpha value is -1.27. The average Bonchev–Trinajstić information content (AvgIpc) is 2.89. The third-order valence-corrected chi connectivity index (χ3v) is 4.75. The SMILES string of the molecule is O=C1CS[C@H](c2cccs2)c2cn[nH]c2N1. The Balaban J connectivity index is 2.05. The molecule has 2 aromatic rings. The highest BCUT2D eigenvalue weighted by Gasteiger charge is 2.25. The molecule has 0 aliphatic carbocycles. The van der Waals surface area contributed by atoms with Crippen molar-refractivity contribution >= 4 is 34.8 Å². The first-order valence-corrected chi connectivity index (χ1v) is 6.75. The van der Waals surface area contributed by atoms with Gasteiger partial charge in [0.05, 0.1) is 17.2 Å². The Labute approximate surface area is 100 Å². The van der Waals surface area contributed by atoms with Crippen molar-refractivity contribution in [1.29, 1.82) is 0 Å². The fourth-order valence-electron chi connectivity index (χ4n) is 1.69. The fourth-order valence-corrected chi connectivity index (χ4v) is 3.78. The predicted molar refractivity (Wildman–Crippen MR) is 65.8 cm³/mol. The van der Waals surface area contributed by atoms with Crippen molar-refractivity contribution < 1.29 is 4.79 Å². The second-order valence-corrected chi connectivity index (χ2v) is 5.53. The van der Waals surface area contributed by atoms with E-state index in [9.17, 15) is 4.79 Å². The van der Waals surface area contributed by atoms with Crippen molar-refractivity contribution in [1.82, 2.24) is 10.2 Å². The van der Waals surface area contributed by atoms with E-state index < -0.39 is 0 Å². The van der Waals surface area contributed by atoms with Crippen molar-refractivity contribution in [2.75, 3.05) is 11.1 Å². The highest BCUT2D eigenvalue weighted by Crippen LogP contribution is 2.41. The van der Waals surface area contributed by atoms with E-state index in [4.69, 9.17) is 0 Å². The number of rotatable bonds is 1. The number of hydrogen-bond acceptors (Lipinski definition) is 4. The molecule has 0 saturated heterocycles. The van der Waals surface area contributed by atoms with Crippen LogP contribution in [0.25, 0.3) is 0 Å². The molecule has 82 valence electrons. The Morgan fingerprint density at radius 3 is 3.25 bits per heavy atom. The molecule has 4 nitrogen and oxygen atoms in total. The van der Waals surface area contributed by atoms with Gasteiger partial charge in [-0.25, -0.2) is 0 Å². The molecule has 3 rings (SSSR count). The van der Waals surface area contributed by atoms with E-state index in [2.05, 4.69) is 27.0 Å². The molecule has 1 aliphatic rings. The zero-order valence-corrected chi connectivity index (χ0v) is 9.90. The predicted octanol–water partition coefficient (Wildman–Crippen LogP) is 2.25. The Kier molecular flexibility index (Phi) is 2.45. The summed E-state index contributed by atoms with van der Waals surface area (Å²) in [5.41, 5.74) is 1.05. The molecule has 3 heterocycles. The van der Waals surface area contributed by atoms with Gasteiger partial charge in [-0.15, -0.1) is 23.1 Å². The largest absolute Gasteiger partial charge is 0.310 e. The Bertz CT molecular complexity index is 506. The van der Waals surface area contributed by atoms with Gasteiger partial charge >= 0.3 is 0 Å². The summed E-state index contributed by atoms with van der Waals surface area (Å²) < 4.78 is 0. The van der Waals surface area contributed by atoms with Crippen LogP contribution in [0.2, 0.25) is 0 Å². The minimum absolute atomic E-state index is 0.0227. The number of nitrogens with one attached hydrogen (secondary N) is 2. The molecule has 1 amide bonds. The lowest BCUT2D eigenvalue weighted by atomic mass is 10.2. The average molecular weight is 251 g/mol. The number of carbonyl (C=O) groups is 1. The van der Waals surface area contributed by atoms with Gasteiger partial charge in [0, 0.05) is 10.4 Å². The van der Waals surface area contributed by atoms with Crippen LogP contribution < -0.4 is 5.32 Å². The molecular weight excluding hydrogens is 242 g/mol. The van der Waals surface area contributed by atoms with Crippen LogP contribution in [0.4, 0.5) is 5.82 Å². The van der Waals surface area contributed by atoms with E-state index in [0.717, 1.165) is 11.4 Å². The summed E-state index contributed by atoms with van der Waals surface area (Å²) in [5, 5.41) is 11.9. The van der Waals surface area contributed by atoms with Crippen LogP contribution in [0.15, 0.2) is 23.7 Å². The molecule has 0 radical (unpaired) electrons. The van der Waals surface area contributed by atoms with Crippen molar-refractivity contribution in [2.24, 2.45) is 0 Å². The molecule has 6 heteroatoms. The highest BCUT2D eigenvalue weighted by atomic mass is 32.2. The third-order valence-electron chi connectivity index (χ3n) is 2.40. The molecule has 0 aromatic carbocycles. The van der Waals surface area contributed by atoms with Crippen molar-refractivity contribution in [3.8, 4) is 0 Å². The number of thiophene rings is 1. The summed E-state index contributed by atoms with van der Waals surface area (Å²) in [6.45, 7) is 0. The molecule has 0 spiro atoms. The first kappa shape index (κ1) is 9.92. The highest BCUT2D eigenvalue weighted by molar-refractivity contribution is 8.00. The lowest BCUT2D eigenvalue weighted by Crippen LogP contribution is -2.12. The van der Waals surface area contributed by atoms with E-state index in [1.165, 1.54) is 4.88 Å². The van der Waals surface area contributed by atoms with Crippen LogP contribution in [0.1, 0.15) is 15.7 Å². The minimum atomic E-state index is 0.0227. The van der Waals surface area contributed by atoms with Crippen LogP contribution in [-0.2, 0) is 4.79 Å². The number of fused-ring (bicyclic) bond motifs is 1. The van der Waals surface area contributed by atoms with Gasteiger partial charge in [-0.05, 0) is 11.4 Å². The number of hydrogen-bond donors (Lipinski definition) is 2. The summed E-state index contributed by atoms with van der Waals surface area (Å²) in [6, 6.07) is 4.12. The number of aromatic nitrogens is 2. The number of amides is 1. The van der Waals surface area contributed by atoms with E-state index >= 15 is 0 Å². The second kappa shape index (κ2) is 3.95. The van der Waals surface area contributed by atoms with Crippen LogP contribution in [0.3, 0.4) is 0 Å². The van der Waals surface area contributed by atoms with Gasteiger partial charge < -0.3 is 5.32 Å². The summed E-state index contributed by atoms with van der Waals surface area (Å²) in [6.07, 6.45) is 1.79. The van der Waals surface area contributed by atoms with E-state index in [1.54, 1.807) is 29.3 Å². The summed E-state index contributed by atoms with van der Waals surface area (Å²) in [7, 11) is 0. The van der Waals surface area contributed by atoms with Gasteiger partial charge in [0.1, 0.15) is 5.82 Å². The molecule has 16 heavy (non-hydrogen) atoms. The van der Waals surface area contributed by atoms with Gasteiger partial charge in [0.2, 0.25) is 5.91 Å². The lowest BCUT2D eigenvalue weighted by Gasteiger charge is -2.10. The Morgan fingerprint density at radius 2 is 2.44 bits per heavy atom. The van der Waals surface area contributed by atoms with Crippen molar-refractivity contribution in [3.63, 3.8) is 0 Å². The van der Waals surface area contributed by atoms with Crippen LogP contribution in [-0.4, -0.2) is 21.9 Å². The molecule has 2 aromatic heterocycles. The number of carbonyl (C=O) groups excluding carboxylic acids is 1. The van der Waals surface area contributed by atoms with Crippen molar-refractivity contribution in [2.45, 2.75) is 5.25 Å².